The van der Waals surface area contributed by atoms with E-state index in [1.54, 1.807) is 15.8 Å². The SMILES string of the molecule is CCCC1CCCCN1S(=O)(=O)c1csc(CO)c1. The zero-order chi connectivity index (χ0) is 13.9. The molecule has 6 heteroatoms. The van der Waals surface area contributed by atoms with Gasteiger partial charge in [0.1, 0.15) is 0 Å². The van der Waals surface area contributed by atoms with E-state index >= 15 is 0 Å². The molecule has 108 valence electrons. The van der Waals surface area contributed by atoms with Crippen LogP contribution in [0.4, 0.5) is 0 Å². The predicted molar refractivity (Wildman–Crippen MR) is 76.7 cm³/mol. The number of nitrogens with zero attached hydrogens (tertiary/aromatic N) is 1. The highest BCUT2D eigenvalue weighted by atomic mass is 32.2. The van der Waals surface area contributed by atoms with Gasteiger partial charge in [-0.05, 0) is 25.3 Å². The minimum Gasteiger partial charge on any atom is -0.391 e. The largest absolute Gasteiger partial charge is 0.391 e. The number of hydrogen-bond acceptors (Lipinski definition) is 4. The summed E-state index contributed by atoms with van der Waals surface area (Å²) >= 11 is 1.30. The molecule has 1 saturated heterocycles. The summed E-state index contributed by atoms with van der Waals surface area (Å²) in [5, 5.41) is 10.7. The van der Waals surface area contributed by atoms with Crippen molar-refractivity contribution in [2.75, 3.05) is 6.54 Å². The highest BCUT2D eigenvalue weighted by molar-refractivity contribution is 7.89. The van der Waals surface area contributed by atoms with Crippen LogP contribution in [-0.2, 0) is 16.6 Å². The first kappa shape index (κ1) is 15.0. The van der Waals surface area contributed by atoms with Gasteiger partial charge in [-0.1, -0.05) is 19.8 Å². The highest BCUT2D eigenvalue weighted by Gasteiger charge is 2.33. The second-order valence-corrected chi connectivity index (χ2v) is 7.85. The molecule has 2 heterocycles. The number of aliphatic hydroxyl groups is 1. The fraction of sp³-hybridized carbons (Fsp3) is 0.692. The minimum atomic E-state index is -3.39. The maximum atomic E-state index is 12.7. The molecule has 1 aliphatic rings. The molecule has 19 heavy (non-hydrogen) atoms. The first-order valence-electron chi connectivity index (χ1n) is 6.79. The van der Waals surface area contributed by atoms with Crippen molar-refractivity contribution in [1.29, 1.82) is 0 Å². The molecule has 1 fully saturated rings. The van der Waals surface area contributed by atoms with Crippen LogP contribution in [0.5, 0.6) is 0 Å². The maximum Gasteiger partial charge on any atom is 0.244 e. The molecule has 1 aromatic rings. The smallest absolute Gasteiger partial charge is 0.244 e. The molecule has 1 N–H and O–H groups in total. The highest BCUT2D eigenvalue weighted by Crippen LogP contribution is 2.29. The van der Waals surface area contributed by atoms with E-state index in [-0.39, 0.29) is 12.6 Å². The third-order valence-corrected chi connectivity index (χ3v) is 6.59. The Labute approximate surface area is 119 Å². The van der Waals surface area contributed by atoms with Crippen molar-refractivity contribution < 1.29 is 13.5 Å². The quantitative estimate of drug-likeness (QED) is 0.909. The van der Waals surface area contributed by atoms with Gasteiger partial charge in [0.25, 0.3) is 0 Å². The van der Waals surface area contributed by atoms with E-state index in [2.05, 4.69) is 6.92 Å². The van der Waals surface area contributed by atoms with Crippen LogP contribution in [0.15, 0.2) is 16.3 Å². The van der Waals surface area contributed by atoms with Crippen molar-refractivity contribution in [2.45, 2.75) is 56.6 Å². The summed E-state index contributed by atoms with van der Waals surface area (Å²) in [5.41, 5.74) is 0. The van der Waals surface area contributed by atoms with Crippen molar-refractivity contribution in [2.24, 2.45) is 0 Å². The molecule has 1 unspecified atom stereocenters. The van der Waals surface area contributed by atoms with Gasteiger partial charge in [0.15, 0.2) is 0 Å². The van der Waals surface area contributed by atoms with E-state index in [1.165, 1.54) is 11.3 Å². The Morgan fingerprint density at radius 1 is 1.47 bits per heavy atom. The van der Waals surface area contributed by atoms with E-state index in [0.717, 1.165) is 32.1 Å². The molecule has 0 bridgehead atoms. The monoisotopic (exact) mass is 303 g/mol. The zero-order valence-electron chi connectivity index (χ0n) is 11.2. The standard InChI is InChI=1S/C13H21NO3S2/c1-2-5-11-6-3-4-7-14(11)19(16,17)13-8-12(9-15)18-10-13/h8,10-11,15H,2-7,9H2,1H3. The number of piperidine rings is 1. The summed E-state index contributed by atoms with van der Waals surface area (Å²) in [6.45, 7) is 2.61. The lowest BCUT2D eigenvalue weighted by atomic mass is 10.0. The molecule has 0 amide bonds. The Balaban J connectivity index is 2.25. The summed E-state index contributed by atoms with van der Waals surface area (Å²) in [5.74, 6) is 0. The van der Waals surface area contributed by atoms with E-state index in [9.17, 15) is 8.42 Å². The first-order valence-corrected chi connectivity index (χ1v) is 9.11. The Morgan fingerprint density at radius 3 is 2.89 bits per heavy atom. The third kappa shape index (κ3) is 3.18. The summed E-state index contributed by atoms with van der Waals surface area (Å²) in [6.07, 6.45) is 4.95. The number of aliphatic hydroxyl groups excluding tert-OH is 1. The van der Waals surface area contributed by atoms with Crippen LogP contribution in [0.3, 0.4) is 0 Å². The van der Waals surface area contributed by atoms with E-state index in [4.69, 9.17) is 5.11 Å². The lowest BCUT2D eigenvalue weighted by Crippen LogP contribution is -2.43. The Hall–Kier alpha value is -0.430. The summed E-state index contributed by atoms with van der Waals surface area (Å²) in [6, 6.07) is 1.73. The Kier molecular flexibility index (Phi) is 5.00. The Morgan fingerprint density at radius 2 is 2.26 bits per heavy atom. The topological polar surface area (TPSA) is 57.6 Å². The van der Waals surface area contributed by atoms with Crippen LogP contribution < -0.4 is 0 Å². The molecule has 1 atom stereocenters. The molecule has 4 nitrogen and oxygen atoms in total. The van der Waals surface area contributed by atoms with Gasteiger partial charge in [-0.15, -0.1) is 11.3 Å². The van der Waals surface area contributed by atoms with Crippen molar-refractivity contribution >= 4 is 21.4 Å². The van der Waals surface area contributed by atoms with Gasteiger partial charge in [0, 0.05) is 22.8 Å². The second-order valence-electron chi connectivity index (χ2n) is 4.96. The fourth-order valence-electron chi connectivity index (χ4n) is 2.63. The van der Waals surface area contributed by atoms with Crippen LogP contribution in [-0.4, -0.2) is 30.4 Å². The summed E-state index contributed by atoms with van der Waals surface area (Å²) in [4.78, 5) is 1.03. The van der Waals surface area contributed by atoms with Gasteiger partial charge in [-0.25, -0.2) is 8.42 Å². The zero-order valence-corrected chi connectivity index (χ0v) is 12.8. The number of sulfonamides is 1. The normalized spacial score (nSPS) is 21.7. The van der Waals surface area contributed by atoms with Gasteiger partial charge in [0.05, 0.1) is 11.5 Å². The van der Waals surface area contributed by atoms with E-state index < -0.39 is 10.0 Å². The third-order valence-electron chi connectivity index (χ3n) is 3.59. The van der Waals surface area contributed by atoms with Crippen molar-refractivity contribution in [3.8, 4) is 0 Å². The van der Waals surface area contributed by atoms with Gasteiger partial charge in [0.2, 0.25) is 10.0 Å². The molecule has 0 aliphatic carbocycles. The second kappa shape index (κ2) is 6.35. The number of thiophene rings is 1. The number of hydrogen-bond donors (Lipinski definition) is 1. The molecule has 0 aromatic carbocycles. The predicted octanol–water partition coefficient (Wildman–Crippen LogP) is 2.58. The molecule has 2 rings (SSSR count). The molecular weight excluding hydrogens is 282 g/mol. The number of rotatable bonds is 5. The van der Waals surface area contributed by atoms with E-state index in [0.29, 0.717) is 16.3 Å². The Bertz CT molecular complexity index is 508. The molecule has 1 aromatic heterocycles. The molecule has 0 spiro atoms. The summed E-state index contributed by atoms with van der Waals surface area (Å²) < 4.78 is 27.0. The molecule has 0 radical (unpaired) electrons. The molecular formula is C13H21NO3S2. The molecule has 0 saturated carbocycles. The maximum absolute atomic E-state index is 12.7. The lowest BCUT2D eigenvalue weighted by Gasteiger charge is -2.34. The average molecular weight is 303 g/mol. The summed E-state index contributed by atoms with van der Waals surface area (Å²) in [7, 11) is -3.39. The van der Waals surface area contributed by atoms with Gasteiger partial charge in [-0.2, -0.15) is 4.31 Å². The lowest BCUT2D eigenvalue weighted by molar-refractivity contribution is 0.239. The van der Waals surface area contributed by atoms with Gasteiger partial charge < -0.3 is 5.11 Å². The van der Waals surface area contributed by atoms with Crippen LogP contribution in [0, 0.1) is 0 Å². The van der Waals surface area contributed by atoms with Crippen molar-refractivity contribution in [3.05, 3.63) is 16.3 Å². The van der Waals surface area contributed by atoms with Gasteiger partial charge >= 0.3 is 0 Å². The van der Waals surface area contributed by atoms with Crippen molar-refractivity contribution in [3.63, 3.8) is 0 Å². The van der Waals surface area contributed by atoms with Crippen molar-refractivity contribution in [1.82, 2.24) is 4.31 Å². The average Bonchev–Trinajstić information content (AvgIpc) is 2.89. The van der Waals surface area contributed by atoms with Crippen LogP contribution in [0.25, 0.3) is 0 Å². The van der Waals surface area contributed by atoms with Gasteiger partial charge in [-0.3, -0.25) is 0 Å². The van der Waals surface area contributed by atoms with Crippen LogP contribution in [0.1, 0.15) is 43.9 Å². The first-order chi connectivity index (χ1) is 9.09. The van der Waals surface area contributed by atoms with Crippen LogP contribution in [0.2, 0.25) is 0 Å². The fourth-order valence-corrected chi connectivity index (χ4v) is 5.47. The minimum absolute atomic E-state index is 0.0986. The molecule has 1 aliphatic heterocycles. The van der Waals surface area contributed by atoms with Crippen LogP contribution >= 0.6 is 11.3 Å². The van der Waals surface area contributed by atoms with E-state index in [1.807, 2.05) is 0 Å².